The van der Waals surface area contributed by atoms with Crippen LogP contribution in [0.1, 0.15) is 34.2 Å². The summed E-state index contributed by atoms with van der Waals surface area (Å²) >= 11 is 1.62. The van der Waals surface area contributed by atoms with Crippen LogP contribution in [0.5, 0.6) is 0 Å². The van der Waals surface area contributed by atoms with Crippen molar-refractivity contribution in [3.8, 4) is 0 Å². The van der Waals surface area contributed by atoms with Crippen molar-refractivity contribution in [1.82, 2.24) is 4.90 Å². The van der Waals surface area contributed by atoms with E-state index < -0.39 is 15.1 Å². The van der Waals surface area contributed by atoms with E-state index in [1.807, 2.05) is 32.9 Å². The molecule has 0 atom stereocenters. The predicted octanol–water partition coefficient (Wildman–Crippen LogP) is 2.35. The number of carbonyl (C=O) groups excluding carboxylic acids is 1. The van der Waals surface area contributed by atoms with Crippen LogP contribution >= 0.6 is 11.3 Å². The van der Waals surface area contributed by atoms with Crippen LogP contribution in [0, 0.1) is 6.92 Å². The summed E-state index contributed by atoms with van der Waals surface area (Å²) in [6.45, 7) is 6.23. The number of hydrogen-bond acceptors (Lipinski definition) is 5. The molecule has 0 aliphatic carbocycles. The molecular formula is C14H18N2O4S2. The molecule has 6 nitrogen and oxygen atoms in total. The zero-order valence-corrected chi connectivity index (χ0v) is 14.2. The van der Waals surface area contributed by atoms with Gasteiger partial charge >= 0.3 is 0 Å². The first-order valence-electron chi connectivity index (χ1n) is 6.67. The summed E-state index contributed by atoms with van der Waals surface area (Å²) in [6, 6.07) is 6.43. The monoisotopic (exact) mass is 342 g/mol. The van der Waals surface area contributed by atoms with Crippen LogP contribution in [0.2, 0.25) is 0 Å². The Bertz CT molecular complexity index is 774. The Balaban J connectivity index is 2.25. The van der Waals surface area contributed by atoms with Crippen molar-refractivity contribution in [1.29, 1.82) is 0 Å². The zero-order chi connectivity index (χ0) is 16.5. The van der Waals surface area contributed by atoms with E-state index in [1.54, 1.807) is 16.2 Å². The first-order chi connectivity index (χ1) is 10.2. The highest BCUT2D eigenvalue weighted by molar-refractivity contribution is 7.89. The number of aryl methyl sites for hydroxylation is 1. The standard InChI is InChI=1S/C14H18N2O4S2/c1-9(2)16(8-11-5-4-10(3)21-11)14(17)12-6-7-13(20-12)22(15,18)19/h4-7,9H,8H2,1-3H3,(H2,15,18,19). The summed E-state index contributed by atoms with van der Waals surface area (Å²) in [5.41, 5.74) is 0. The van der Waals surface area contributed by atoms with Gasteiger partial charge < -0.3 is 9.32 Å². The van der Waals surface area contributed by atoms with Gasteiger partial charge in [-0.3, -0.25) is 4.79 Å². The number of sulfonamides is 1. The molecule has 0 radical (unpaired) electrons. The van der Waals surface area contributed by atoms with E-state index in [0.29, 0.717) is 6.54 Å². The van der Waals surface area contributed by atoms with Crippen LogP contribution in [0.3, 0.4) is 0 Å². The maximum absolute atomic E-state index is 12.5. The van der Waals surface area contributed by atoms with Gasteiger partial charge in [-0.2, -0.15) is 0 Å². The smallest absolute Gasteiger partial charge is 0.290 e. The van der Waals surface area contributed by atoms with Gasteiger partial charge in [0.1, 0.15) is 0 Å². The second-order valence-corrected chi connectivity index (χ2v) is 8.07. The molecule has 0 aromatic carbocycles. The SMILES string of the molecule is Cc1ccc(CN(C(=O)c2ccc(S(N)(=O)=O)o2)C(C)C)s1. The molecule has 120 valence electrons. The van der Waals surface area contributed by atoms with Gasteiger partial charge in [-0.1, -0.05) is 0 Å². The number of carbonyl (C=O) groups is 1. The number of hydrogen-bond donors (Lipinski definition) is 1. The maximum atomic E-state index is 12.5. The van der Waals surface area contributed by atoms with Gasteiger partial charge in [0.2, 0.25) is 5.09 Å². The summed E-state index contributed by atoms with van der Waals surface area (Å²) in [4.78, 5) is 16.4. The van der Waals surface area contributed by atoms with Crippen LogP contribution in [-0.2, 0) is 16.6 Å². The number of nitrogens with zero attached hydrogens (tertiary/aromatic N) is 1. The molecule has 2 N–H and O–H groups in total. The molecule has 8 heteroatoms. The molecule has 2 aromatic heterocycles. The maximum Gasteiger partial charge on any atom is 0.290 e. The molecule has 0 unspecified atom stereocenters. The van der Waals surface area contributed by atoms with Crippen molar-refractivity contribution in [2.45, 2.75) is 38.5 Å². The summed E-state index contributed by atoms with van der Waals surface area (Å²) in [5.74, 6) is -0.401. The molecule has 0 saturated heterocycles. The van der Waals surface area contributed by atoms with E-state index in [4.69, 9.17) is 9.56 Å². The van der Waals surface area contributed by atoms with Gasteiger partial charge in [-0.15, -0.1) is 11.3 Å². The van der Waals surface area contributed by atoms with Gasteiger partial charge in [0, 0.05) is 15.8 Å². The van der Waals surface area contributed by atoms with E-state index in [-0.39, 0.29) is 17.7 Å². The van der Waals surface area contributed by atoms with E-state index in [9.17, 15) is 13.2 Å². The molecule has 2 heterocycles. The Morgan fingerprint density at radius 3 is 2.45 bits per heavy atom. The van der Waals surface area contributed by atoms with Gasteiger partial charge in [-0.05, 0) is 45.0 Å². The van der Waals surface area contributed by atoms with Crippen molar-refractivity contribution in [3.05, 3.63) is 39.8 Å². The Morgan fingerprint density at radius 1 is 1.32 bits per heavy atom. The number of nitrogens with two attached hydrogens (primary N) is 1. The third kappa shape index (κ3) is 3.76. The third-order valence-corrected chi connectivity index (χ3v) is 4.84. The summed E-state index contributed by atoms with van der Waals surface area (Å²) in [5, 5.41) is 4.58. The lowest BCUT2D eigenvalue weighted by atomic mass is 10.2. The Hall–Kier alpha value is -1.64. The number of thiophene rings is 1. The number of furan rings is 1. The summed E-state index contributed by atoms with van der Waals surface area (Å²) in [6.07, 6.45) is 0. The summed E-state index contributed by atoms with van der Waals surface area (Å²) < 4.78 is 27.5. The van der Waals surface area contributed by atoms with Gasteiger partial charge in [0.05, 0.1) is 6.54 Å². The fourth-order valence-electron chi connectivity index (χ4n) is 1.96. The van der Waals surface area contributed by atoms with Crippen molar-refractivity contribution in [2.24, 2.45) is 5.14 Å². The van der Waals surface area contributed by atoms with Crippen molar-refractivity contribution in [3.63, 3.8) is 0 Å². The molecule has 1 amide bonds. The molecule has 0 aliphatic heterocycles. The van der Waals surface area contributed by atoms with Gasteiger partial charge in [0.15, 0.2) is 5.76 Å². The molecule has 0 bridgehead atoms. The lowest BCUT2D eigenvalue weighted by molar-refractivity contribution is 0.0654. The predicted molar refractivity (Wildman–Crippen MR) is 84.1 cm³/mol. The lowest BCUT2D eigenvalue weighted by Crippen LogP contribution is -2.36. The number of rotatable bonds is 5. The zero-order valence-electron chi connectivity index (χ0n) is 12.6. The fourth-order valence-corrected chi connectivity index (χ4v) is 3.31. The minimum atomic E-state index is -3.95. The highest BCUT2D eigenvalue weighted by Gasteiger charge is 2.24. The average Bonchev–Trinajstić information content (AvgIpc) is 3.03. The van der Waals surface area contributed by atoms with E-state index in [1.165, 1.54) is 17.0 Å². The lowest BCUT2D eigenvalue weighted by Gasteiger charge is -2.25. The van der Waals surface area contributed by atoms with Crippen molar-refractivity contribution in [2.75, 3.05) is 0 Å². The Kier molecular flexibility index (Phi) is 4.74. The first kappa shape index (κ1) is 16.7. The first-order valence-corrected chi connectivity index (χ1v) is 9.03. The van der Waals surface area contributed by atoms with Gasteiger partial charge in [-0.25, -0.2) is 13.6 Å². The molecule has 0 fully saturated rings. The minimum Gasteiger partial charge on any atom is -0.438 e. The number of amides is 1. The normalized spacial score (nSPS) is 11.9. The highest BCUT2D eigenvalue weighted by atomic mass is 32.2. The van der Waals surface area contributed by atoms with Crippen LogP contribution in [0.25, 0.3) is 0 Å². The third-order valence-electron chi connectivity index (χ3n) is 3.08. The van der Waals surface area contributed by atoms with Crippen molar-refractivity contribution < 1.29 is 17.6 Å². The largest absolute Gasteiger partial charge is 0.438 e. The van der Waals surface area contributed by atoms with Crippen LogP contribution < -0.4 is 5.14 Å². The molecule has 22 heavy (non-hydrogen) atoms. The minimum absolute atomic E-state index is 0.0361. The van der Waals surface area contributed by atoms with Crippen LogP contribution in [0.15, 0.2) is 33.8 Å². The second-order valence-electron chi connectivity index (χ2n) is 5.20. The van der Waals surface area contributed by atoms with Crippen molar-refractivity contribution >= 4 is 27.3 Å². The topological polar surface area (TPSA) is 93.6 Å². The van der Waals surface area contributed by atoms with Crippen LogP contribution in [0.4, 0.5) is 0 Å². The molecular weight excluding hydrogens is 324 g/mol. The number of primary sulfonamides is 1. The Labute approximate surface area is 133 Å². The highest BCUT2D eigenvalue weighted by Crippen LogP contribution is 2.21. The molecule has 2 aromatic rings. The molecule has 2 rings (SSSR count). The van der Waals surface area contributed by atoms with E-state index in [0.717, 1.165) is 4.88 Å². The quantitative estimate of drug-likeness (QED) is 0.902. The average molecular weight is 342 g/mol. The molecule has 0 spiro atoms. The van der Waals surface area contributed by atoms with E-state index in [2.05, 4.69) is 0 Å². The fraction of sp³-hybridized carbons (Fsp3) is 0.357. The molecule has 0 aliphatic rings. The van der Waals surface area contributed by atoms with E-state index >= 15 is 0 Å². The van der Waals surface area contributed by atoms with Crippen LogP contribution in [-0.4, -0.2) is 25.3 Å². The van der Waals surface area contributed by atoms with Gasteiger partial charge in [0.25, 0.3) is 15.9 Å². The second kappa shape index (κ2) is 6.23. The molecule has 0 saturated carbocycles. The summed E-state index contributed by atoms with van der Waals surface area (Å²) in [7, 11) is -3.95. The Morgan fingerprint density at radius 2 is 2.00 bits per heavy atom.